The Morgan fingerprint density at radius 2 is 1.62 bits per heavy atom. The number of fused-ring (bicyclic) bond motifs is 1. The second-order valence-electron chi connectivity index (χ2n) is 6.86. The third kappa shape index (κ3) is 4.00. The molecule has 3 aromatic carbocycles. The molecule has 2 N–H and O–H groups in total. The van der Waals surface area contributed by atoms with Gasteiger partial charge in [0.05, 0.1) is 0 Å². The van der Waals surface area contributed by atoms with Crippen molar-refractivity contribution in [1.29, 1.82) is 0 Å². The minimum atomic E-state index is 0.427. The maximum Gasteiger partial charge on any atom is 0.124 e. The fourth-order valence-corrected chi connectivity index (χ4v) is 3.21. The second kappa shape index (κ2) is 8.24. The molecule has 0 aliphatic rings. The number of rotatable bonds is 7. The van der Waals surface area contributed by atoms with E-state index in [4.69, 9.17) is 15.2 Å². The van der Waals surface area contributed by atoms with E-state index in [0.29, 0.717) is 25.7 Å². The van der Waals surface area contributed by atoms with Gasteiger partial charge in [0.1, 0.15) is 24.7 Å². The summed E-state index contributed by atoms with van der Waals surface area (Å²) in [5, 5.41) is 2.33. The Balaban J connectivity index is 1.68. The molecule has 3 heteroatoms. The summed E-state index contributed by atoms with van der Waals surface area (Å²) in [4.78, 5) is 0. The van der Waals surface area contributed by atoms with Crippen molar-refractivity contribution in [2.24, 2.45) is 5.73 Å². The molecule has 0 saturated heterocycles. The molecule has 3 aromatic rings. The maximum absolute atomic E-state index is 6.01. The lowest BCUT2D eigenvalue weighted by atomic mass is 10.0. The van der Waals surface area contributed by atoms with Gasteiger partial charge in [0.25, 0.3) is 0 Å². The van der Waals surface area contributed by atoms with E-state index in [0.717, 1.165) is 22.4 Å². The van der Waals surface area contributed by atoms with Gasteiger partial charge >= 0.3 is 0 Å². The van der Waals surface area contributed by atoms with Gasteiger partial charge in [-0.1, -0.05) is 56.3 Å². The molecule has 0 atom stereocenters. The highest BCUT2D eigenvalue weighted by Gasteiger charge is 2.10. The molecule has 0 bridgehead atoms. The number of benzene rings is 3. The topological polar surface area (TPSA) is 44.5 Å². The van der Waals surface area contributed by atoms with Gasteiger partial charge < -0.3 is 15.2 Å². The summed E-state index contributed by atoms with van der Waals surface area (Å²) in [7, 11) is 0. The van der Waals surface area contributed by atoms with Gasteiger partial charge in [-0.05, 0) is 46.9 Å². The van der Waals surface area contributed by atoms with Crippen molar-refractivity contribution in [1.82, 2.24) is 0 Å². The molecule has 26 heavy (non-hydrogen) atoms. The van der Waals surface area contributed by atoms with Crippen LogP contribution in [0.5, 0.6) is 11.5 Å². The standard InChI is InChI=1S/C23H27NO2/c1-16(2)19-10-8-17(3)14-23(19)26-13-12-25-22-11-9-18-6-4-5-7-20(18)21(22)15-24/h4-11,14,16H,12-13,15,24H2,1-3H3. The molecule has 0 aromatic heterocycles. The van der Waals surface area contributed by atoms with E-state index in [1.807, 2.05) is 18.2 Å². The molecular formula is C23H27NO2. The molecule has 0 heterocycles. The van der Waals surface area contributed by atoms with E-state index >= 15 is 0 Å². The number of hydrogen-bond acceptors (Lipinski definition) is 3. The molecule has 3 rings (SSSR count). The lowest BCUT2D eigenvalue weighted by Gasteiger charge is -2.16. The van der Waals surface area contributed by atoms with Crippen LogP contribution in [0.2, 0.25) is 0 Å². The van der Waals surface area contributed by atoms with Gasteiger partial charge in [0.15, 0.2) is 0 Å². The molecule has 0 amide bonds. The maximum atomic E-state index is 6.01. The third-order valence-electron chi connectivity index (χ3n) is 4.59. The fraction of sp³-hybridized carbons (Fsp3) is 0.304. The molecule has 0 unspecified atom stereocenters. The summed E-state index contributed by atoms with van der Waals surface area (Å²) >= 11 is 0. The number of ether oxygens (including phenoxy) is 2. The van der Waals surface area contributed by atoms with E-state index < -0.39 is 0 Å². The predicted octanol–water partition coefficient (Wildman–Crippen LogP) is 5.19. The zero-order chi connectivity index (χ0) is 18.5. The molecule has 0 spiro atoms. The monoisotopic (exact) mass is 349 g/mol. The van der Waals surface area contributed by atoms with Gasteiger partial charge in [0, 0.05) is 12.1 Å². The van der Waals surface area contributed by atoms with Crippen LogP contribution in [0, 0.1) is 6.92 Å². The minimum absolute atomic E-state index is 0.427. The number of nitrogens with two attached hydrogens (primary N) is 1. The zero-order valence-corrected chi connectivity index (χ0v) is 15.8. The number of aryl methyl sites for hydroxylation is 1. The van der Waals surface area contributed by atoms with Crippen molar-refractivity contribution in [3.05, 3.63) is 71.3 Å². The van der Waals surface area contributed by atoms with Crippen molar-refractivity contribution < 1.29 is 9.47 Å². The van der Waals surface area contributed by atoms with Gasteiger partial charge in [-0.25, -0.2) is 0 Å². The highest BCUT2D eigenvalue weighted by molar-refractivity contribution is 5.87. The van der Waals surface area contributed by atoms with Crippen LogP contribution in [0.25, 0.3) is 10.8 Å². The summed E-state index contributed by atoms with van der Waals surface area (Å²) in [6, 6.07) is 18.7. The first kappa shape index (κ1) is 18.3. The zero-order valence-electron chi connectivity index (χ0n) is 15.8. The Kier molecular flexibility index (Phi) is 5.79. The van der Waals surface area contributed by atoms with E-state index in [1.54, 1.807) is 0 Å². The molecular weight excluding hydrogens is 322 g/mol. The Morgan fingerprint density at radius 1 is 0.885 bits per heavy atom. The van der Waals surface area contributed by atoms with Gasteiger partial charge in [-0.3, -0.25) is 0 Å². The summed E-state index contributed by atoms with van der Waals surface area (Å²) in [6.45, 7) is 7.87. The van der Waals surface area contributed by atoms with Gasteiger partial charge in [0.2, 0.25) is 0 Å². The van der Waals surface area contributed by atoms with Crippen LogP contribution < -0.4 is 15.2 Å². The lowest BCUT2D eigenvalue weighted by molar-refractivity contribution is 0.214. The average Bonchev–Trinajstić information content (AvgIpc) is 2.64. The Hall–Kier alpha value is -2.52. The van der Waals surface area contributed by atoms with Crippen LogP contribution in [-0.4, -0.2) is 13.2 Å². The SMILES string of the molecule is Cc1ccc(C(C)C)c(OCCOc2ccc3ccccc3c2CN)c1. The summed E-state index contributed by atoms with van der Waals surface area (Å²) in [5.41, 5.74) is 9.44. The molecule has 0 saturated carbocycles. The quantitative estimate of drug-likeness (QED) is 0.597. The highest BCUT2D eigenvalue weighted by Crippen LogP contribution is 2.29. The first-order valence-corrected chi connectivity index (χ1v) is 9.17. The molecule has 0 aliphatic heterocycles. The normalized spacial score (nSPS) is 11.1. The predicted molar refractivity (Wildman–Crippen MR) is 108 cm³/mol. The fourth-order valence-electron chi connectivity index (χ4n) is 3.21. The van der Waals surface area contributed by atoms with Crippen molar-refractivity contribution in [2.75, 3.05) is 13.2 Å². The Bertz CT molecular complexity index is 887. The van der Waals surface area contributed by atoms with Crippen LogP contribution in [-0.2, 0) is 6.54 Å². The number of hydrogen-bond donors (Lipinski definition) is 1. The lowest BCUT2D eigenvalue weighted by Crippen LogP contribution is -2.12. The molecule has 0 aliphatic carbocycles. The van der Waals surface area contributed by atoms with Crippen molar-refractivity contribution in [3.63, 3.8) is 0 Å². The van der Waals surface area contributed by atoms with Crippen molar-refractivity contribution in [3.8, 4) is 11.5 Å². The summed E-state index contributed by atoms with van der Waals surface area (Å²) in [6.07, 6.45) is 0. The van der Waals surface area contributed by atoms with E-state index in [9.17, 15) is 0 Å². The van der Waals surface area contributed by atoms with Crippen LogP contribution in [0.3, 0.4) is 0 Å². The van der Waals surface area contributed by atoms with Crippen LogP contribution >= 0.6 is 0 Å². The molecule has 0 radical (unpaired) electrons. The van der Waals surface area contributed by atoms with Crippen molar-refractivity contribution >= 4 is 10.8 Å². The van der Waals surface area contributed by atoms with Crippen LogP contribution in [0.4, 0.5) is 0 Å². The molecule has 0 fully saturated rings. The molecule has 136 valence electrons. The average molecular weight is 349 g/mol. The Labute approximate surface area is 155 Å². The first-order valence-electron chi connectivity index (χ1n) is 9.17. The largest absolute Gasteiger partial charge is 0.490 e. The van der Waals surface area contributed by atoms with Gasteiger partial charge in [-0.2, -0.15) is 0 Å². The highest BCUT2D eigenvalue weighted by atomic mass is 16.5. The third-order valence-corrected chi connectivity index (χ3v) is 4.59. The summed E-state index contributed by atoms with van der Waals surface area (Å²) in [5.74, 6) is 2.21. The summed E-state index contributed by atoms with van der Waals surface area (Å²) < 4.78 is 12.0. The van der Waals surface area contributed by atoms with Crippen LogP contribution in [0.1, 0.15) is 36.5 Å². The van der Waals surface area contributed by atoms with Gasteiger partial charge in [-0.15, -0.1) is 0 Å². The molecule has 3 nitrogen and oxygen atoms in total. The van der Waals surface area contributed by atoms with Crippen LogP contribution in [0.15, 0.2) is 54.6 Å². The Morgan fingerprint density at radius 3 is 2.35 bits per heavy atom. The van der Waals surface area contributed by atoms with E-state index in [1.165, 1.54) is 16.5 Å². The van der Waals surface area contributed by atoms with E-state index in [-0.39, 0.29) is 0 Å². The smallest absolute Gasteiger partial charge is 0.124 e. The minimum Gasteiger partial charge on any atom is -0.490 e. The van der Waals surface area contributed by atoms with E-state index in [2.05, 4.69) is 57.2 Å². The second-order valence-corrected chi connectivity index (χ2v) is 6.86. The first-order chi connectivity index (χ1) is 12.6. The van der Waals surface area contributed by atoms with Crippen molar-refractivity contribution in [2.45, 2.75) is 33.2 Å².